The van der Waals surface area contributed by atoms with Crippen LogP contribution in [0, 0.1) is 10.1 Å². The monoisotopic (exact) mass is 423 g/mol. The average Bonchev–Trinajstić information content (AvgIpc) is 3.20. The number of nitro groups is 1. The Balaban J connectivity index is 1.60. The Morgan fingerprint density at radius 2 is 1.94 bits per heavy atom. The normalized spacial score (nSPS) is 15.1. The van der Waals surface area contributed by atoms with Gasteiger partial charge in [0.1, 0.15) is 0 Å². The number of rotatable bonds is 9. The van der Waals surface area contributed by atoms with Crippen molar-refractivity contribution >= 4 is 17.6 Å². The lowest BCUT2D eigenvalue weighted by Gasteiger charge is -2.20. The molecule has 0 spiro atoms. The molecule has 0 saturated carbocycles. The van der Waals surface area contributed by atoms with Crippen LogP contribution in [-0.2, 0) is 11.3 Å². The summed E-state index contributed by atoms with van der Waals surface area (Å²) in [4.78, 5) is 28.8. The van der Waals surface area contributed by atoms with E-state index in [9.17, 15) is 14.9 Å². The van der Waals surface area contributed by atoms with Crippen molar-refractivity contribution in [3.05, 3.63) is 75.8 Å². The summed E-state index contributed by atoms with van der Waals surface area (Å²) >= 11 is 0. The SMILES string of the molecule is CC(NC(=NCc1ccc([N+](=O)[O-])cc1)NCCCN1CCCC1=O)c1ccccc1. The Labute approximate surface area is 182 Å². The van der Waals surface area contributed by atoms with E-state index in [-0.39, 0.29) is 17.6 Å². The number of carbonyl (C=O) groups is 1. The minimum atomic E-state index is -0.408. The fraction of sp³-hybridized carbons (Fsp3) is 0.391. The summed E-state index contributed by atoms with van der Waals surface area (Å²) in [6.07, 6.45) is 2.44. The molecule has 8 nitrogen and oxygen atoms in total. The van der Waals surface area contributed by atoms with E-state index in [2.05, 4.69) is 34.7 Å². The molecule has 31 heavy (non-hydrogen) atoms. The van der Waals surface area contributed by atoms with Gasteiger partial charge in [0, 0.05) is 38.2 Å². The number of nitrogens with zero attached hydrogens (tertiary/aromatic N) is 3. The van der Waals surface area contributed by atoms with E-state index in [1.165, 1.54) is 12.1 Å². The first kappa shape index (κ1) is 22.3. The number of hydrogen-bond donors (Lipinski definition) is 2. The maximum Gasteiger partial charge on any atom is 0.269 e. The molecule has 1 atom stereocenters. The summed E-state index contributed by atoms with van der Waals surface area (Å²) in [5.74, 6) is 0.908. The molecule has 0 aromatic heterocycles. The number of guanidine groups is 1. The maximum atomic E-state index is 11.8. The van der Waals surface area contributed by atoms with Gasteiger partial charge in [-0.25, -0.2) is 4.99 Å². The van der Waals surface area contributed by atoms with Crippen LogP contribution in [-0.4, -0.2) is 41.3 Å². The number of likely N-dealkylation sites (tertiary alicyclic amines) is 1. The molecule has 2 aromatic rings. The first-order valence-electron chi connectivity index (χ1n) is 10.6. The largest absolute Gasteiger partial charge is 0.356 e. The van der Waals surface area contributed by atoms with E-state index in [1.54, 1.807) is 12.1 Å². The van der Waals surface area contributed by atoms with Gasteiger partial charge in [-0.05, 0) is 30.9 Å². The second-order valence-electron chi connectivity index (χ2n) is 7.63. The van der Waals surface area contributed by atoms with Crippen molar-refractivity contribution in [3.8, 4) is 0 Å². The number of benzene rings is 2. The molecule has 1 heterocycles. The highest BCUT2D eigenvalue weighted by Gasteiger charge is 2.19. The molecule has 2 N–H and O–H groups in total. The topological polar surface area (TPSA) is 99.9 Å². The molecule has 8 heteroatoms. The van der Waals surface area contributed by atoms with Gasteiger partial charge in [-0.2, -0.15) is 0 Å². The van der Waals surface area contributed by atoms with Gasteiger partial charge < -0.3 is 15.5 Å². The van der Waals surface area contributed by atoms with Crippen molar-refractivity contribution in [2.45, 2.75) is 38.8 Å². The number of aliphatic imine (C=N–C) groups is 1. The van der Waals surface area contributed by atoms with Gasteiger partial charge in [0.25, 0.3) is 5.69 Å². The third-order valence-corrected chi connectivity index (χ3v) is 5.29. The second-order valence-corrected chi connectivity index (χ2v) is 7.63. The fourth-order valence-corrected chi connectivity index (χ4v) is 3.49. The molecular weight excluding hydrogens is 394 g/mol. The predicted octanol–water partition coefficient (Wildman–Crippen LogP) is 3.40. The fourth-order valence-electron chi connectivity index (χ4n) is 3.49. The van der Waals surface area contributed by atoms with Crippen molar-refractivity contribution in [2.75, 3.05) is 19.6 Å². The zero-order valence-electron chi connectivity index (χ0n) is 17.8. The van der Waals surface area contributed by atoms with E-state index in [0.29, 0.717) is 25.5 Å². The van der Waals surface area contributed by atoms with E-state index in [1.807, 2.05) is 23.1 Å². The lowest BCUT2D eigenvalue weighted by Crippen LogP contribution is -2.40. The Bertz CT molecular complexity index is 899. The highest BCUT2D eigenvalue weighted by atomic mass is 16.6. The Morgan fingerprint density at radius 3 is 2.58 bits per heavy atom. The van der Waals surface area contributed by atoms with Gasteiger partial charge in [0.15, 0.2) is 5.96 Å². The summed E-state index contributed by atoms with van der Waals surface area (Å²) in [5.41, 5.74) is 2.11. The molecule has 0 radical (unpaired) electrons. The predicted molar refractivity (Wildman–Crippen MR) is 121 cm³/mol. The molecular formula is C23H29N5O3. The molecule has 1 unspecified atom stereocenters. The highest BCUT2D eigenvalue weighted by molar-refractivity contribution is 5.80. The maximum absolute atomic E-state index is 11.8. The smallest absolute Gasteiger partial charge is 0.269 e. The Morgan fingerprint density at radius 1 is 1.19 bits per heavy atom. The van der Waals surface area contributed by atoms with Crippen molar-refractivity contribution < 1.29 is 9.72 Å². The van der Waals surface area contributed by atoms with Crippen LogP contribution in [0.15, 0.2) is 59.6 Å². The first-order chi connectivity index (χ1) is 15.0. The van der Waals surface area contributed by atoms with Gasteiger partial charge in [-0.1, -0.05) is 42.5 Å². The summed E-state index contributed by atoms with van der Waals surface area (Å²) in [5, 5.41) is 17.6. The van der Waals surface area contributed by atoms with Crippen molar-refractivity contribution in [1.82, 2.24) is 15.5 Å². The molecule has 1 aliphatic heterocycles. The minimum absolute atomic E-state index is 0.0597. The van der Waals surface area contributed by atoms with E-state index < -0.39 is 4.92 Å². The number of carbonyl (C=O) groups excluding carboxylic acids is 1. The second kappa shape index (κ2) is 11.1. The van der Waals surface area contributed by atoms with Crippen LogP contribution in [0.4, 0.5) is 5.69 Å². The quantitative estimate of drug-likeness (QED) is 0.212. The van der Waals surface area contributed by atoms with E-state index >= 15 is 0 Å². The zero-order valence-corrected chi connectivity index (χ0v) is 17.8. The van der Waals surface area contributed by atoms with Crippen molar-refractivity contribution in [2.24, 2.45) is 4.99 Å². The molecule has 1 fully saturated rings. The van der Waals surface area contributed by atoms with Gasteiger partial charge in [0.05, 0.1) is 17.5 Å². The third kappa shape index (κ3) is 6.80. The molecule has 2 aromatic carbocycles. The van der Waals surface area contributed by atoms with Crippen LogP contribution in [0.25, 0.3) is 0 Å². The van der Waals surface area contributed by atoms with Crippen LogP contribution in [0.2, 0.25) is 0 Å². The highest BCUT2D eigenvalue weighted by Crippen LogP contribution is 2.14. The van der Waals surface area contributed by atoms with Crippen LogP contribution in [0.3, 0.4) is 0 Å². The zero-order chi connectivity index (χ0) is 22.1. The average molecular weight is 424 g/mol. The van der Waals surface area contributed by atoms with Gasteiger partial charge in [0.2, 0.25) is 5.91 Å². The first-order valence-corrected chi connectivity index (χ1v) is 10.6. The lowest BCUT2D eigenvalue weighted by atomic mass is 10.1. The Kier molecular flexibility index (Phi) is 7.98. The van der Waals surface area contributed by atoms with E-state index in [4.69, 9.17) is 0 Å². The van der Waals surface area contributed by atoms with Gasteiger partial charge >= 0.3 is 0 Å². The van der Waals surface area contributed by atoms with Crippen molar-refractivity contribution in [1.29, 1.82) is 0 Å². The molecule has 1 aliphatic rings. The summed E-state index contributed by atoms with van der Waals surface area (Å²) in [6.45, 7) is 4.76. The number of amides is 1. The number of nitro benzene ring substituents is 1. The summed E-state index contributed by atoms with van der Waals surface area (Å²) in [6, 6.07) is 16.6. The molecule has 0 bridgehead atoms. The number of hydrogen-bond acceptors (Lipinski definition) is 4. The standard InChI is InChI=1S/C23H29N5O3/c1-18(20-7-3-2-4-8-20)26-23(24-14-6-16-27-15-5-9-22(27)29)25-17-19-10-12-21(13-11-19)28(30)31/h2-4,7-8,10-13,18H,5-6,9,14-17H2,1H3,(H2,24,25,26). The molecule has 3 rings (SSSR count). The minimum Gasteiger partial charge on any atom is -0.356 e. The van der Waals surface area contributed by atoms with Gasteiger partial charge in [-0.15, -0.1) is 0 Å². The lowest BCUT2D eigenvalue weighted by molar-refractivity contribution is -0.384. The third-order valence-electron chi connectivity index (χ3n) is 5.29. The van der Waals surface area contributed by atoms with Crippen LogP contribution >= 0.6 is 0 Å². The molecule has 0 aliphatic carbocycles. The van der Waals surface area contributed by atoms with Crippen LogP contribution in [0.1, 0.15) is 43.4 Å². The molecule has 164 valence electrons. The van der Waals surface area contributed by atoms with Crippen LogP contribution in [0.5, 0.6) is 0 Å². The molecule has 1 amide bonds. The Hall–Kier alpha value is -3.42. The van der Waals surface area contributed by atoms with Gasteiger partial charge in [-0.3, -0.25) is 14.9 Å². The number of nitrogens with one attached hydrogen (secondary N) is 2. The van der Waals surface area contributed by atoms with Crippen LogP contribution < -0.4 is 10.6 Å². The van der Waals surface area contributed by atoms with Crippen molar-refractivity contribution in [3.63, 3.8) is 0 Å². The molecule has 1 saturated heterocycles. The number of non-ortho nitro benzene ring substituents is 1. The van der Waals surface area contributed by atoms with E-state index in [0.717, 1.165) is 37.1 Å². The summed E-state index contributed by atoms with van der Waals surface area (Å²) < 4.78 is 0. The summed E-state index contributed by atoms with van der Waals surface area (Å²) in [7, 11) is 0.